The van der Waals surface area contributed by atoms with Gasteiger partial charge in [0.25, 0.3) is 5.91 Å². The summed E-state index contributed by atoms with van der Waals surface area (Å²) in [6.45, 7) is 3.73. The number of nitrogens with one attached hydrogen (secondary N) is 1. The fourth-order valence-corrected chi connectivity index (χ4v) is 3.58. The van der Waals surface area contributed by atoms with Crippen LogP contribution in [0.2, 0.25) is 0 Å². The van der Waals surface area contributed by atoms with Crippen LogP contribution in [-0.2, 0) is 4.79 Å². The average Bonchev–Trinajstić information content (AvgIpc) is 2.99. The lowest BCUT2D eigenvalue weighted by atomic mass is 10.1. The van der Waals surface area contributed by atoms with Crippen molar-refractivity contribution in [2.45, 2.75) is 13.8 Å². The minimum Gasteiger partial charge on any atom is -0.478 e. The Bertz CT molecular complexity index is 1220. The number of carbonyl (C=O) groups excluding carboxylic acids is 1. The lowest BCUT2D eigenvalue weighted by Gasteiger charge is -2.10. The van der Waals surface area contributed by atoms with Gasteiger partial charge in [0.05, 0.1) is 5.56 Å². The summed E-state index contributed by atoms with van der Waals surface area (Å²) in [4.78, 5) is 23.9. The van der Waals surface area contributed by atoms with Crippen LogP contribution >= 0.6 is 15.9 Å². The number of benzene rings is 2. The van der Waals surface area contributed by atoms with Crippen LogP contribution in [0.3, 0.4) is 0 Å². The fraction of sp³-hybridized carbons (Fsp3) is 0.0870. The summed E-state index contributed by atoms with van der Waals surface area (Å²) in [7, 11) is 0. The van der Waals surface area contributed by atoms with Crippen molar-refractivity contribution in [2.75, 3.05) is 5.32 Å². The van der Waals surface area contributed by atoms with E-state index in [1.165, 1.54) is 12.1 Å². The summed E-state index contributed by atoms with van der Waals surface area (Å²) in [5.74, 6) is -1.51. The molecule has 2 aromatic carbocycles. The lowest BCUT2D eigenvalue weighted by molar-refractivity contribution is -0.112. The van der Waals surface area contributed by atoms with E-state index in [4.69, 9.17) is 0 Å². The molecule has 7 heteroatoms. The zero-order valence-corrected chi connectivity index (χ0v) is 17.9. The van der Waals surface area contributed by atoms with Gasteiger partial charge in [0.15, 0.2) is 0 Å². The van der Waals surface area contributed by atoms with Gasteiger partial charge in [-0.15, -0.1) is 0 Å². The van der Waals surface area contributed by atoms with Crippen LogP contribution in [0.1, 0.15) is 27.3 Å². The van der Waals surface area contributed by atoms with Gasteiger partial charge in [-0.2, -0.15) is 5.26 Å². The van der Waals surface area contributed by atoms with E-state index in [9.17, 15) is 20.0 Å². The Kier molecular flexibility index (Phi) is 6.19. The zero-order chi connectivity index (χ0) is 21.8. The molecule has 30 heavy (non-hydrogen) atoms. The van der Waals surface area contributed by atoms with Gasteiger partial charge >= 0.3 is 5.97 Å². The number of carboxylic acid groups (broad SMARTS) is 1. The molecule has 6 nitrogen and oxygen atoms in total. The maximum absolute atomic E-state index is 12.6. The van der Waals surface area contributed by atoms with Crippen molar-refractivity contribution >= 4 is 39.6 Å². The molecule has 2 N–H and O–H groups in total. The van der Waals surface area contributed by atoms with Gasteiger partial charge < -0.3 is 15.0 Å². The third kappa shape index (κ3) is 4.50. The van der Waals surface area contributed by atoms with E-state index in [-0.39, 0.29) is 11.1 Å². The Labute approximate surface area is 182 Å². The Balaban J connectivity index is 1.96. The molecule has 0 saturated carbocycles. The van der Waals surface area contributed by atoms with Crippen molar-refractivity contribution in [1.29, 1.82) is 5.26 Å². The molecule has 0 aliphatic carbocycles. The second kappa shape index (κ2) is 8.80. The Morgan fingerprint density at radius 2 is 1.87 bits per heavy atom. The van der Waals surface area contributed by atoms with Crippen molar-refractivity contribution in [3.05, 3.63) is 87.2 Å². The normalized spacial score (nSPS) is 11.1. The molecule has 0 fully saturated rings. The minimum absolute atomic E-state index is 0.0329. The van der Waals surface area contributed by atoms with E-state index in [0.717, 1.165) is 15.9 Å². The van der Waals surface area contributed by atoms with Crippen molar-refractivity contribution < 1.29 is 14.7 Å². The standard InChI is InChI=1S/C23H18BrN3O3/c1-14-9-17(15(2)27(14)21-8-3-5-16(11-21)23(29)30)10-18(13-25)22(28)26-20-7-4-6-19(24)12-20/h3-12H,1-2H3,(H,26,28)(H,29,30)/b18-10+. The Morgan fingerprint density at radius 3 is 2.53 bits per heavy atom. The molecule has 0 atom stereocenters. The molecule has 0 aliphatic heterocycles. The molecule has 3 rings (SSSR count). The van der Waals surface area contributed by atoms with Crippen LogP contribution in [-0.4, -0.2) is 21.6 Å². The topological polar surface area (TPSA) is 95.1 Å². The molecule has 0 aliphatic rings. The number of anilines is 1. The van der Waals surface area contributed by atoms with Gasteiger partial charge in [-0.3, -0.25) is 4.79 Å². The monoisotopic (exact) mass is 463 g/mol. The van der Waals surface area contributed by atoms with Gasteiger partial charge in [0, 0.05) is 27.2 Å². The van der Waals surface area contributed by atoms with Crippen LogP contribution in [0.5, 0.6) is 0 Å². The summed E-state index contributed by atoms with van der Waals surface area (Å²) in [6.07, 6.45) is 1.53. The first-order valence-electron chi connectivity index (χ1n) is 9.01. The van der Waals surface area contributed by atoms with E-state index in [0.29, 0.717) is 16.9 Å². The largest absolute Gasteiger partial charge is 0.478 e. The predicted octanol–water partition coefficient (Wildman–Crippen LogP) is 5.10. The minimum atomic E-state index is -1.00. The Hall–Kier alpha value is -3.63. The maximum atomic E-state index is 12.6. The quantitative estimate of drug-likeness (QED) is 0.406. The molecule has 1 heterocycles. The first-order chi connectivity index (χ1) is 14.3. The first-order valence-corrected chi connectivity index (χ1v) is 9.81. The number of aromatic carboxylic acids is 1. The summed E-state index contributed by atoms with van der Waals surface area (Å²) >= 11 is 3.35. The molecule has 0 radical (unpaired) electrons. The van der Waals surface area contributed by atoms with Gasteiger partial charge in [-0.1, -0.05) is 28.1 Å². The number of hydrogen-bond acceptors (Lipinski definition) is 3. The molecule has 0 bridgehead atoms. The number of rotatable bonds is 5. The average molecular weight is 464 g/mol. The van der Waals surface area contributed by atoms with E-state index in [2.05, 4.69) is 21.2 Å². The fourth-order valence-electron chi connectivity index (χ4n) is 3.18. The number of carboxylic acids is 1. The summed E-state index contributed by atoms with van der Waals surface area (Å²) in [5, 5.41) is 21.5. The maximum Gasteiger partial charge on any atom is 0.335 e. The lowest BCUT2D eigenvalue weighted by Crippen LogP contribution is -2.13. The highest BCUT2D eigenvalue weighted by atomic mass is 79.9. The number of carbonyl (C=O) groups is 2. The number of nitriles is 1. The van der Waals surface area contributed by atoms with Gasteiger partial charge in [-0.05, 0) is 68.0 Å². The van der Waals surface area contributed by atoms with Gasteiger partial charge in [0.2, 0.25) is 0 Å². The first kappa shape index (κ1) is 21.1. The van der Waals surface area contributed by atoms with E-state index >= 15 is 0 Å². The van der Waals surface area contributed by atoms with E-state index in [1.807, 2.05) is 42.7 Å². The Morgan fingerprint density at radius 1 is 1.13 bits per heavy atom. The smallest absolute Gasteiger partial charge is 0.335 e. The van der Waals surface area contributed by atoms with Crippen LogP contribution in [0.4, 0.5) is 5.69 Å². The molecular formula is C23H18BrN3O3. The molecular weight excluding hydrogens is 446 g/mol. The number of aromatic nitrogens is 1. The van der Waals surface area contributed by atoms with Crippen molar-refractivity contribution in [3.8, 4) is 11.8 Å². The predicted molar refractivity (Wildman–Crippen MR) is 119 cm³/mol. The van der Waals surface area contributed by atoms with Crippen LogP contribution in [0.15, 0.2) is 64.6 Å². The number of amides is 1. The third-order valence-electron chi connectivity index (χ3n) is 4.57. The van der Waals surface area contributed by atoms with E-state index in [1.54, 1.807) is 30.3 Å². The number of hydrogen-bond donors (Lipinski definition) is 2. The SMILES string of the molecule is Cc1cc(/C=C(\C#N)C(=O)Nc2cccc(Br)c2)c(C)n1-c1cccc(C(=O)O)c1. The molecule has 0 spiro atoms. The molecule has 1 aromatic heterocycles. The molecule has 1 amide bonds. The van der Waals surface area contributed by atoms with Crippen molar-refractivity contribution in [1.82, 2.24) is 4.57 Å². The van der Waals surface area contributed by atoms with Crippen molar-refractivity contribution in [3.63, 3.8) is 0 Å². The summed E-state index contributed by atoms with van der Waals surface area (Å²) in [6, 6.07) is 17.5. The van der Waals surface area contributed by atoms with Crippen LogP contribution < -0.4 is 5.32 Å². The highest BCUT2D eigenvalue weighted by Gasteiger charge is 2.15. The van der Waals surface area contributed by atoms with Gasteiger partial charge in [0.1, 0.15) is 11.6 Å². The number of aryl methyl sites for hydroxylation is 1. The second-order valence-electron chi connectivity index (χ2n) is 6.65. The number of nitrogens with zero attached hydrogens (tertiary/aromatic N) is 2. The summed E-state index contributed by atoms with van der Waals surface area (Å²) in [5.41, 5.74) is 3.77. The second-order valence-corrected chi connectivity index (χ2v) is 7.57. The molecule has 3 aromatic rings. The van der Waals surface area contributed by atoms with Crippen LogP contribution in [0.25, 0.3) is 11.8 Å². The number of halogens is 1. The zero-order valence-electron chi connectivity index (χ0n) is 16.3. The third-order valence-corrected chi connectivity index (χ3v) is 5.06. The molecule has 0 saturated heterocycles. The van der Waals surface area contributed by atoms with E-state index < -0.39 is 11.9 Å². The van der Waals surface area contributed by atoms with Crippen LogP contribution in [0, 0.1) is 25.2 Å². The summed E-state index contributed by atoms with van der Waals surface area (Å²) < 4.78 is 2.70. The molecule has 150 valence electrons. The van der Waals surface area contributed by atoms with Gasteiger partial charge in [-0.25, -0.2) is 4.79 Å². The highest BCUT2D eigenvalue weighted by molar-refractivity contribution is 9.10. The molecule has 0 unspecified atom stereocenters. The highest BCUT2D eigenvalue weighted by Crippen LogP contribution is 2.24. The van der Waals surface area contributed by atoms with Crippen molar-refractivity contribution in [2.24, 2.45) is 0 Å².